The summed E-state index contributed by atoms with van der Waals surface area (Å²) in [7, 11) is 0. The number of nitro benzene ring substituents is 1. The average molecular weight is 374 g/mol. The smallest absolute Gasteiger partial charge is 0.312 e. The highest BCUT2D eigenvalue weighted by molar-refractivity contribution is 9.10. The van der Waals surface area contributed by atoms with Gasteiger partial charge in [-0.25, -0.2) is 10.8 Å². The van der Waals surface area contributed by atoms with Crippen molar-refractivity contribution in [3.05, 3.63) is 55.6 Å². The zero-order valence-electron chi connectivity index (χ0n) is 10.5. The molecule has 2 aromatic rings. The van der Waals surface area contributed by atoms with Gasteiger partial charge in [0.1, 0.15) is 12.4 Å². The van der Waals surface area contributed by atoms with Crippen LogP contribution in [0.4, 0.5) is 11.5 Å². The number of rotatable bonds is 5. The molecular weight excluding hydrogens is 364 g/mol. The fourth-order valence-electron chi connectivity index (χ4n) is 1.59. The molecule has 0 radical (unpaired) electrons. The maximum absolute atomic E-state index is 11.0. The number of hydrogen-bond acceptors (Lipinski definition) is 6. The zero-order chi connectivity index (χ0) is 15.4. The maximum Gasteiger partial charge on any atom is 0.312 e. The quantitative estimate of drug-likeness (QED) is 0.473. The molecule has 0 amide bonds. The standard InChI is InChI=1S/C12H10BrClN4O3/c13-7-2-1-3-10(18(19)20)12(7)21-6-9-8(14)4-5-11(16-9)17-15/h1-5H,6,15H2,(H,16,17). The second kappa shape index (κ2) is 6.70. The van der Waals surface area contributed by atoms with Crippen LogP contribution in [0, 0.1) is 10.1 Å². The minimum Gasteiger partial charge on any atom is -0.479 e. The second-order valence-corrected chi connectivity index (χ2v) is 5.16. The Balaban J connectivity index is 2.26. The number of nitrogens with two attached hydrogens (primary N) is 1. The van der Waals surface area contributed by atoms with Crippen LogP contribution in [0.2, 0.25) is 5.02 Å². The van der Waals surface area contributed by atoms with Crippen LogP contribution < -0.4 is 16.0 Å². The molecule has 0 aliphatic rings. The van der Waals surface area contributed by atoms with E-state index < -0.39 is 4.92 Å². The highest BCUT2D eigenvalue weighted by atomic mass is 79.9. The van der Waals surface area contributed by atoms with Gasteiger partial charge >= 0.3 is 5.69 Å². The molecule has 21 heavy (non-hydrogen) atoms. The number of nitro groups is 1. The van der Waals surface area contributed by atoms with Gasteiger partial charge in [0.15, 0.2) is 0 Å². The van der Waals surface area contributed by atoms with Gasteiger partial charge in [-0.05, 0) is 34.1 Å². The monoisotopic (exact) mass is 372 g/mol. The summed E-state index contributed by atoms with van der Waals surface area (Å²) < 4.78 is 5.96. The number of benzene rings is 1. The first-order valence-electron chi connectivity index (χ1n) is 5.70. The van der Waals surface area contributed by atoms with Crippen molar-refractivity contribution in [1.29, 1.82) is 0 Å². The first kappa shape index (κ1) is 15.5. The molecule has 0 saturated carbocycles. The van der Waals surface area contributed by atoms with Crippen molar-refractivity contribution in [2.24, 2.45) is 5.84 Å². The minimum absolute atomic E-state index is 0.0300. The first-order chi connectivity index (χ1) is 10.0. The number of hydrazine groups is 1. The number of nitrogens with zero attached hydrogens (tertiary/aromatic N) is 2. The second-order valence-electron chi connectivity index (χ2n) is 3.90. The van der Waals surface area contributed by atoms with Crippen LogP contribution in [-0.2, 0) is 6.61 Å². The van der Waals surface area contributed by atoms with E-state index in [1.54, 1.807) is 24.3 Å². The lowest BCUT2D eigenvalue weighted by molar-refractivity contribution is -0.386. The SMILES string of the molecule is NNc1ccc(Cl)c(COc2c(Br)cccc2[N+](=O)[O-])n1. The van der Waals surface area contributed by atoms with Crippen molar-refractivity contribution >= 4 is 39.0 Å². The third-order valence-electron chi connectivity index (χ3n) is 2.56. The molecule has 0 spiro atoms. The summed E-state index contributed by atoms with van der Waals surface area (Å²) >= 11 is 9.23. The Labute approximate surface area is 133 Å². The van der Waals surface area contributed by atoms with Gasteiger partial charge in [-0.2, -0.15) is 0 Å². The van der Waals surface area contributed by atoms with Crippen LogP contribution in [0.1, 0.15) is 5.69 Å². The van der Waals surface area contributed by atoms with Crippen LogP contribution in [0.25, 0.3) is 0 Å². The van der Waals surface area contributed by atoms with Crippen LogP contribution >= 0.6 is 27.5 Å². The Bertz CT molecular complexity index is 684. The summed E-state index contributed by atoms with van der Waals surface area (Å²) in [6, 6.07) is 7.77. The predicted molar refractivity (Wildman–Crippen MR) is 82.2 cm³/mol. The highest BCUT2D eigenvalue weighted by Crippen LogP contribution is 2.35. The number of nitrogen functional groups attached to an aromatic ring is 1. The van der Waals surface area contributed by atoms with E-state index >= 15 is 0 Å². The molecule has 7 nitrogen and oxygen atoms in total. The van der Waals surface area contributed by atoms with Crippen LogP contribution in [0.5, 0.6) is 5.75 Å². The summed E-state index contributed by atoms with van der Waals surface area (Å²) in [5.74, 6) is 5.80. The fraction of sp³-hybridized carbons (Fsp3) is 0.0833. The van der Waals surface area contributed by atoms with Crippen LogP contribution in [-0.4, -0.2) is 9.91 Å². The van der Waals surface area contributed by atoms with E-state index in [0.717, 1.165) is 0 Å². The van der Waals surface area contributed by atoms with Gasteiger partial charge < -0.3 is 10.2 Å². The van der Waals surface area contributed by atoms with Crippen molar-refractivity contribution in [3.63, 3.8) is 0 Å². The molecule has 2 rings (SSSR count). The Hall–Kier alpha value is -1.90. The summed E-state index contributed by atoms with van der Waals surface area (Å²) in [5.41, 5.74) is 2.66. The van der Waals surface area contributed by atoms with Gasteiger partial charge in [-0.1, -0.05) is 17.7 Å². The molecular formula is C12H10BrClN4O3. The van der Waals surface area contributed by atoms with E-state index in [9.17, 15) is 10.1 Å². The predicted octanol–water partition coefficient (Wildman–Crippen LogP) is 3.27. The fourth-order valence-corrected chi connectivity index (χ4v) is 2.22. The van der Waals surface area contributed by atoms with Gasteiger partial charge in [-0.15, -0.1) is 0 Å². The zero-order valence-corrected chi connectivity index (χ0v) is 12.9. The summed E-state index contributed by atoms with van der Waals surface area (Å²) in [5, 5.41) is 11.4. The van der Waals surface area contributed by atoms with Crippen molar-refractivity contribution < 1.29 is 9.66 Å². The normalized spacial score (nSPS) is 10.2. The molecule has 0 aliphatic heterocycles. The molecule has 0 unspecified atom stereocenters. The Morgan fingerprint density at radius 3 is 2.86 bits per heavy atom. The summed E-state index contributed by atoms with van der Waals surface area (Å²) in [4.78, 5) is 14.6. The lowest BCUT2D eigenvalue weighted by Gasteiger charge is -2.10. The molecule has 1 aromatic carbocycles. The van der Waals surface area contributed by atoms with Gasteiger partial charge in [0.2, 0.25) is 5.75 Å². The largest absolute Gasteiger partial charge is 0.479 e. The van der Waals surface area contributed by atoms with E-state index in [-0.39, 0.29) is 18.0 Å². The molecule has 3 N–H and O–H groups in total. The molecule has 1 aromatic heterocycles. The summed E-state index contributed by atoms with van der Waals surface area (Å²) in [6.45, 7) is -0.0300. The van der Waals surface area contributed by atoms with Crippen molar-refractivity contribution in [2.75, 3.05) is 5.43 Å². The van der Waals surface area contributed by atoms with Crippen molar-refractivity contribution in [2.45, 2.75) is 6.61 Å². The number of halogens is 2. The lowest BCUT2D eigenvalue weighted by Crippen LogP contribution is -2.10. The van der Waals surface area contributed by atoms with Gasteiger partial charge in [0, 0.05) is 6.07 Å². The Morgan fingerprint density at radius 2 is 2.19 bits per heavy atom. The molecule has 9 heteroatoms. The molecule has 110 valence electrons. The summed E-state index contributed by atoms with van der Waals surface area (Å²) in [6.07, 6.45) is 0. The van der Waals surface area contributed by atoms with E-state index in [2.05, 4.69) is 26.3 Å². The van der Waals surface area contributed by atoms with Crippen molar-refractivity contribution in [1.82, 2.24) is 4.98 Å². The number of para-hydroxylation sites is 1. The Morgan fingerprint density at radius 1 is 1.43 bits per heavy atom. The van der Waals surface area contributed by atoms with Gasteiger partial charge in [0.05, 0.1) is 20.1 Å². The van der Waals surface area contributed by atoms with E-state index in [0.29, 0.717) is 21.0 Å². The number of pyridine rings is 1. The highest BCUT2D eigenvalue weighted by Gasteiger charge is 2.18. The van der Waals surface area contributed by atoms with E-state index in [4.69, 9.17) is 22.2 Å². The van der Waals surface area contributed by atoms with Crippen molar-refractivity contribution in [3.8, 4) is 5.75 Å². The first-order valence-corrected chi connectivity index (χ1v) is 6.87. The molecule has 0 atom stereocenters. The average Bonchev–Trinajstić information content (AvgIpc) is 2.47. The number of nitrogens with one attached hydrogen (secondary N) is 1. The third-order valence-corrected chi connectivity index (χ3v) is 3.53. The number of aromatic nitrogens is 1. The Kier molecular flexibility index (Phi) is 4.94. The van der Waals surface area contributed by atoms with Crippen LogP contribution in [0.15, 0.2) is 34.8 Å². The lowest BCUT2D eigenvalue weighted by atomic mass is 10.3. The number of ether oxygens (including phenoxy) is 1. The molecule has 0 saturated heterocycles. The minimum atomic E-state index is -0.521. The molecule has 0 aliphatic carbocycles. The molecule has 1 heterocycles. The van der Waals surface area contributed by atoms with Gasteiger partial charge in [-0.3, -0.25) is 10.1 Å². The van der Waals surface area contributed by atoms with Gasteiger partial charge in [0.25, 0.3) is 0 Å². The number of anilines is 1. The third kappa shape index (κ3) is 3.60. The molecule has 0 bridgehead atoms. The van der Waals surface area contributed by atoms with E-state index in [1.807, 2.05) is 0 Å². The number of hydrogen-bond donors (Lipinski definition) is 2. The topological polar surface area (TPSA) is 103 Å². The maximum atomic E-state index is 11.0. The van der Waals surface area contributed by atoms with Crippen LogP contribution in [0.3, 0.4) is 0 Å². The van der Waals surface area contributed by atoms with E-state index in [1.165, 1.54) is 6.07 Å². The molecule has 0 fully saturated rings.